The summed E-state index contributed by atoms with van der Waals surface area (Å²) < 4.78 is 0. The number of anilines is 2. The third-order valence-corrected chi connectivity index (χ3v) is 4.65. The van der Waals surface area contributed by atoms with Gasteiger partial charge in [0.25, 0.3) is 0 Å². The van der Waals surface area contributed by atoms with Crippen molar-refractivity contribution in [3.8, 4) is 0 Å². The van der Waals surface area contributed by atoms with E-state index in [1.54, 1.807) is 6.20 Å². The molecule has 0 radical (unpaired) electrons. The lowest BCUT2D eigenvalue weighted by atomic mass is 10.0. The average Bonchev–Trinajstić information content (AvgIpc) is 3.47. The van der Waals surface area contributed by atoms with Gasteiger partial charge in [0.05, 0.1) is 5.69 Å². The third-order valence-electron chi connectivity index (χ3n) is 4.65. The Balaban J connectivity index is 1.96. The van der Waals surface area contributed by atoms with E-state index in [9.17, 15) is 4.79 Å². The van der Waals surface area contributed by atoms with Crippen LogP contribution in [0.2, 0.25) is 0 Å². The van der Waals surface area contributed by atoms with Crippen LogP contribution in [0.3, 0.4) is 0 Å². The minimum atomic E-state index is 0.0414. The molecule has 0 bridgehead atoms. The normalized spacial score (nSPS) is 15.5. The molecule has 1 amide bonds. The predicted octanol–water partition coefficient (Wildman–Crippen LogP) is 4.88. The van der Waals surface area contributed by atoms with Crippen LogP contribution in [0.1, 0.15) is 45.7 Å². The zero-order valence-electron chi connectivity index (χ0n) is 16.1. The number of rotatable bonds is 6. The standard InChI is InChI=1S/C22H26N4O/c1-4-6-7-8-14(3)17(5-2)19-11-16-12-20(26-22(27)15-9-10-15)24-13-18(16)21(23)25-19/h5-8,11-13,15H,4,9-10H2,1-3H3,(H2,23,25)(H,24,26,27)/b7-6+,14-8-,17-5+. The number of nitrogens with two attached hydrogens (primary N) is 1. The molecule has 1 fully saturated rings. The smallest absolute Gasteiger partial charge is 0.228 e. The molecular weight excluding hydrogens is 336 g/mol. The van der Waals surface area contributed by atoms with Crippen molar-refractivity contribution in [1.82, 2.24) is 9.97 Å². The molecule has 0 unspecified atom stereocenters. The summed E-state index contributed by atoms with van der Waals surface area (Å²) in [6.45, 7) is 6.16. The minimum Gasteiger partial charge on any atom is -0.383 e. The van der Waals surface area contributed by atoms with Gasteiger partial charge in [-0.05, 0) is 61.8 Å². The molecule has 2 aromatic rings. The first kappa shape index (κ1) is 18.8. The van der Waals surface area contributed by atoms with Gasteiger partial charge in [0, 0.05) is 17.5 Å². The Morgan fingerprint density at radius 3 is 2.81 bits per heavy atom. The van der Waals surface area contributed by atoms with Crippen LogP contribution in [0, 0.1) is 5.92 Å². The van der Waals surface area contributed by atoms with Crippen LogP contribution in [-0.4, -0.2) is 15.9 Å². The molecule has 2 heterocycles. The predicted molar refractivity (Wildman–Crippen MR) is 112 cm³/mol. The van der Waals surface area contributed by atoms with Gasteiger partial charge in [-0.1, -0.05) is 31.2 Å². The van der Waals surface area contributed by atoms with E-state index >= 15 is 0 Å². The van der Waals surface area contributed by atoms with Crippen LogP contribution >= 0.6 is 0 Å². The minimum absolute atomic E-state index is 0.0414. The lowest BCUT2D eigenvalue weighted by molar-refractivity contribution is -0.117. The Kier molecular flexibility index (Phi) is 5.69. The van der Waals surface area contributed by atoms with E-state index < -0.39 is 0 Å². The summed E-state index contributed by atoms with van der Waals surface area (Å²) in [5.74, 6) is 1.17. The van der Waals surface area contributed by atoms with Crippen molar-refractivity contribution in [2.45, 2.75) is 40.0 Å². The molecule has 0 spiro atoms. The monoisotopic (exact) mass is 362 g/mol. The van der Waals surface area contributed by atoms with E-state index in [1.807, 2.05) is 25.1 Å². The molecule has 0 atom stereocenters. The van der Waals surface area contributed by atoms with Crippen molar-refractivity contribution in [2.75, 3.05) is 11.1 Å². The Bertz CT molecular complexity index is 952. The highest BCUT2D eigenvalue weighted by Crippen LogP contribution is 2.31. The molecule has 0 aromatic carbocycles. The molecule has 0 saturated heterocycles. The summed E-state index contributed by atoms with van der Waals surface area (Å²) in [6, 6.07) is 3.86. The molecule has 2 aromatic heterocycles. The summed E-state index contributed by atoms with van der Waals surface area (Å²) in [5, 5.41) is 4.58. The Morgan fingerprint density at radius 1 is 1.37 bits per heavy atom. The lowest BCUT2D eigenvalue weighted by Crippen LogP contribution is -2.14. The Morgan fingerprint density at radius 2 is 2.15 bits per heavy atom. The summed E-state index contributed by atoms with van der Waals surface area (Å²) in [5.41, 5.74) is 9.14. The Labute approximate surface area is 160 Å². The van der Waals surface area contributed by atoms with Crippen molar-refractivity contribution in [3.05, 3.63) is 53.9 Å². The van der Waals surface area contributed by atoms with E-state index in [1.165, 1.54) is 0 Å². The van der Waals surface area contributed by atoms with Crippen LogP contribution < -0.4 is 11.1 Å². The number of carbonyl (C=O) groups excluding carboxylic acids is 1. The number of hydrogen-bond donors (Lipinski definition) is 2. The summed E-state index contributed by atoms with van der Waals surface area (Å²) in [6.07, 6.45) is 12.9. The number of nitrogens with one attached hydrogen (secondary N) is 1. The van der Waals surface area contributed by atoms with E-state index in [4.69, 9.17) is 5.73 Å². The van der Waals surface area contributed by atoms with E-state index in [0.29, 0.717) is 11.6 Å². The molecule has 3 rings (SSSR count). The summed E-state index contributed by atoms with van der Waals surface area (Å²) in [4.78, 5) is 20.9. The molecule has 0 aliphatic heterocycles. The average molecular weight is 362 g/mol. The highest BCUT2D eigenvalue weighted by molar-refractivity contribution is 5.98. The first-order valence-electron chi connectivity index (χ1n) is 9.41. The first-order valence-corrected chi connectivity index (χ1v) is 9.41. The van der Waals surface area contributed by atoms with Gasteiger partial charge < -0.3 is 11.1 Å². The molecule has 1 aliphatic rings. The quantitative estimate of drug-likeness (QED) is 0.718. The van der Waals surface area contributed by atoms with E-state index in [-0.39, 0.29) is 11.8 Å². The second-order valence-corrected chi connectivity index (χ2v) is 6.84. The topological polar surface area (TPSA) is 80.9 Å². The van der Waals surface area contributed by atoms with E-state index in [0.717, 1.165) is 46.9 Å². The highest BCUT2D eigenvalue weighted by atomic mass is 16.2. The molecule has 5 nitrogen and oxygen atoms in total. The largest absolute Gasteiger partial charge is 0.383 e. The van der Waals surface area contributed by atoms with Crippen LogP contribution in [0.15, 0.2) is 48.2 Å². The zero-order valence-corrected chi connectivity index (χ0v) is 16.1. The van der Waals surface area contributed by atoms with Crippen molar-refractivity contribution >= 4 is 33.9 Å². The molecule has 1 saturated carbocycles. The molecular formula is C22H26N4O. The number of amides is 1. The number of fused-ring (bicyclic) bond motifs is 1. The van der Waals surface area contributed by atoms with E-state index in [2.05, 4.69) is 47.4 Å². The van der Waals surface area contributed by atoms with Crippen LogP contribution in [0.25, 0.3) is 16.3 Å². The number of nitrogens with zero attached hydrogens (tertiary/aromatic N) is 2. The maximum atomic E-state index is 12.0. The first-order chi connectivity index (χ1) is 13.0. The SMILES string of the molecule is C\C=C(/C(C)=C\C=C\CC)c1cc2cc(NC(=O)C3CC3)ncc2c(N)n1. The summed E-state index contributed by atoms with van der Waals surface area (Å²) >= 11 is 0. The van der Waals surface area contributed by atoms with Gasteiger partial charge in [-0.3, -0.25) is 4.79 Å². The number of aromatic nitrogens is 2. The number of hydrogen-bond acceptors (Lipinski definition) is 4. The highest BCUT2D eigenvalue weighted by Gasteiger charge is 2.29. The van der Waals surface area contributed by atoms with Gasteiger partial charge >= 0.3 is 0 Å². The van der Waals surface area contributed by atoms with Gasteiger partial charge in [-0.15, -0.1) is 0 Å². The molecule has 5 heteroatoms. The molecule has 3 N–H and O–H groups in total. The fourth-order valence-corrected chi connectivity index (χ4v) is 2.97. The van der Waals surface area contributed by atoms with Crippen LogP contribution in [-0.2, 0) is 4.79 Å². The molecule has 27 heavy (non-hydrogen) atoms. The van der Waals surface area contributed by atoms with Gasteiger partial charge in [0.2, 0.25) is 5.91 Å². The van der Waals surface area contributed by atoms with Crippen molar-refractivity contribution < 1.29 is 4.79 Å². The number of pyridine rings is 2. The number of carbonyl (C=O) groups is 1. The van der Waals surface area contributed by atoms with Crippen LogP contribution in [0.5, 0.6) is 0 Å². The fraction of sp³-hybridized carbons (Fsp3) is 0.318. The maximum Gasteiger partial charge on any atom is 0.228 e. The summed E-state index contributed by atoms with van der Waals surface area (Å²) in [7, 11) is 0. The van der Waals surface area contributed by atoms with Crippen molar-refractivity contribution in [3.63, 3.8) is 0 Å². The van der Waals surface area contributed by atoms with Crippen molar-refractivity contribution in [2.24, 2.45) is 5.92 Å². The van der Waals surface area contributed by atoms with Gasteiger partial charge in [-0.2, -0.15) is 0 Å². The number of nitrogen functional groups attached to an aromatic ring is 1. The fourth-order valence-electron chi connectivity index (χ4n) is 2.97. The third kappa shape index (κ3) is 4.42. The zero-order chi connectivity index (χ0) is 19.4. The van der Waals surface area contributed by atoms with Gasteiger partial charge in [0.15, 0.2) is 0 Å². The maximum absolute atomic E-state index is 12.0. The molecule has 1 aliphatic carbocycles. The van der Waals surface area contributed by atoms with Gasteiger partial charge in [-0.25, -0.2) is 9.97 Å². The van der Waals surface area contributed by atoms with Crippen molar-refractivity contribution in [1.29, 1.82) is 0 Å². The lowest BCUT2D eigenvalue weighted by Gasteiger charge is -2.11. The van der Waals surface area contributed by atoms with Gasteiger partial charge in [0.1, 0.15) is 11.6 Å². The second-order valence-electron chi connectivity index (χ2n) is 6.84. The second kappa shape index (κ2) is 8.16. The Hall–Kier alpha value is -2.95. The number of allylic oxidation sites excluding steroid dienone is 6. The molecule has 140 valence electrons. The van der Waals surface area contributed by atoms with Crippen LogP contribution in [0.4, 0.5) is 11.6 Å².